The van der Waals surface area contributed by atoms with E-state index in [-0.39, 0.29) is 0 Å². The second kappa shape index (κ2) is 5.67. The zero-order chi connectivity index (χ0) is 13.1. The zero-order valence-corrected chi connectivity index (χ0v) is 12.4. The highest BCUT2D eigenvalue weighted by atomic mass is 79.9. The summed E-state index contributed by atoms with van der Waals surface area (Å²) < 4.78 is 3.05. The summed E-state index contributed by atoms with van der Waals surface area (Å²) in [6.07, 6.45) is 1.93. The Bertz CT molecular complexity index is 546. The molecule has 0 aliphatic carbocycles. The number of benzene rings is 1. The van der Waals surface area contributed by atoms with Crippen LogP contribution in [0, 0.1) is 0 Å². The van der Waals surface area contributed by atoms with Gasteiger partial charge in [-0.3, -0.25) is 0 Å². The molecule has 2 N–H and O–H groups in total. The first-order valence-electron chi connectivity index (χ1n) is 6.25. The standard InChI is InChI=1S/C14H18BrN3/c1-3-12-8-13(4-2)18(17-12)14-6-10(9-16)5-11(15)7-14/h5-8H,3-4,9,16H2,1-2H3. The van der Waals surface area contributed by atoms with Crippen molar-refractivity contribution in [1.82, 2.24) is 9.78 Å². The van der Waals surface area contributed by atoms with E-state index in [9.17, 15) is 0 Å². The van der Waals surface area contributed by atoms with E-state index < -0.39 is 0 Å². The molecule has 0 unspecified atom stereocenters. The Kier molecular flexibility index (Phi) is 4.19. The second-order valence-corrected chi connectivity index (χ2v) is 5.18. The van der Waals surface area contributed by atoms with Crippen molar-refractivity contribution in [1.29, 1.82) is 0 Å². The molecule has 0 spiro atoms. The van der Waals surface area contributed by atoms with E-state index in [4.69, 9.17) is 5.73 Å². The summed E-state index contributed by atoms with van der Waals surface area (Å²) >= 11 is 3.52. The van der Waals surface area contributed by atoms with Gasteiger partial charge >= 0.3 is 0 Å². The number of nitrogens with zero attached hydrogens (tertiary/aromatic N) is 2. The van der Waals surface area contributed by atoms with Crippen molar-refractivity contribution in [3.63, 3.8) is 0 Å². The molecule has 3 nitrogen and oxygen atoms in total. The molecule has 0 fully saturated rings. The minimum absolute atomic E-state index is 0.538. The highest BCUT2D eigenvalue weighted by Gasteiger charge is 2.08. The van der Waals surface area contributed by atoms with Crippen LogP contribution in [0.25, 0.3) is 5.69 Å². The van der Waals surface area contributed by atoms with Crippen LogP contribution in [-0.2, 0) is 19.4 Å². The van der Waals surface area contributed by atoms with Crippen molar-refractivity contribution in [2.24, 2.45) is 5.73 Å². The molecule has 2 aromatic rings. The molecule has 4 heteroatoms. The summed E-state index contributed by atoms with van der Waals surface area (Å²) in [6, 6.07) is 8.38. The fourth-order valence-corrected chi connectivity index (χ4v) is 2.53. The molecule has 0 atom stereocenters. The lowest BCUT2D eigenvalue weighted by Gasteiger charge is -2.08. The minimum atomic E-state index is 0.538. The molecule has 1 heterocycles. The van der Waals surface area contributed by atoms with Crippen LogP contribution in [-0.4, -0.2) is 9.78 Å². The molecule has 0 bridgehead atoms. The van der Waals surface area contributed by atoms with E-state index in [0.29, 0.717) is 6.54 Å². The predicted molar refractivity (Wildman–Crippen MR) is 77.9 cm³/mol. The lowest BCUT2D eigenvalue weighted by atomic mass is 10.2. The van der Waals surface area contributed by atoms with E-state index in [1.165, 1.54) is 5.69 Å². The van der Waals surface area contributed by atoms with Crippen molar-refractivity contribution in [2.45, 2.75) is 33.2 Å². The Morgan fingerprint density at radius 1 is 1.17 bits per heavy atom. The van der Waals surface area contributed by atoms with Crippen LogP contribution in [0.4, 0.5) is 0 Å². The lowest BCUT2D eigenvalue weighted by molar-refractivity contribution is 0.792. The van der Waals surface area contributed by atoms with Crippen LogP contribution in [0.1, 0.15) is 30.8 Å². The summed E-state index contributed by atoms with van der Waals surface area (Å²) in [5, 5.41) is 4.64. The largest absolute Gasteiger partial charge is 0.326 e. The number of rotatable bonds is 4. The van der Waals surface area contributed by atoms with Gasteiger partial charge in [0.05, 0.1) is 11.4 Å². The second-order valence-electron chi connectivity index (χ2n) is 4.27. The maximum Gasteiger partial charge on any atom is 0.0663 e. The average Bonchev–Trinajstić information content (AvgIpc) is 2.81. The van der Waals surface area contributed by atoms with Crippen LogP contribution in [0.15, 0.2) is 28.7 Å². The maximum absolute atomic E-state index is 5.72. The first-order valence-corrected chi connectivity index (χ1v) is 7.05. The van der Waals surface area contributed by atoms with E-state index in [0.717, 1.165) is 34.3 Å². The summed E-state index contributed by atoms with van der Waals surface area (Å²) in [7, 11) is 0. The fourth-order valence-electron chi connectivity index (χ4n) is 2.00. The predicted octanol–water partition coefficient (Wildman–Crippen LogP) is 3.22. The maximum atomic E-state index is 5.72. The third kappa shape index (κ3) is 2.65. The van der Waals surface area contributed by atoms with Crippen molar-refractivity contribution in [3.8, 4) is 5.69 Å². The van der Waals surface area contributed by atoms with E-state index in [2.05, 4.69) is 53.1 Å². The average molecular weight is 308 g/mol. The molecular formula is C14H18BrN3. The van der Waals surface area contributed by atoms with Crippen molar-refractivity contribution in [2.75, 3.05) is 0 Å². The molecule has 0 radical (unpaired) electrons. The summed E-state index contributed by atoms with van der Waals surface area (Å²) in [5.41, 5.74) is 10.2. The Balaban J connectivity index is 2.53. The van der Waals surface area contributed by atoms with Gasteiger partial charge < -0.3 is 5.73 Å². The molecule has 0 aliphatic rings. The van der Waals surface area contributed by atoms with Gasteiger partial charge in [-0.2, -0.15) is 5.10 Å². The first-order chi connectivity index (χ1) is 8.67. The fraction of sp³-hybridized carbons (Fsp3) is 0.357. The third-order valence-corrected chi connectivity index (χ3v) is 3.44. The van der Waals surface area contributed by atoms with Gasteiger partial charge in [-0.1, -0.05) is 29.8 Å². The number of aromatic nitrogens is 2. The zero-order valence-electron chi connectivity index (χ0n) is 10.8. The van der Waals surface area contributed by atoms with Gasteiger partial charge in [0.1, 0.15) is 0 Å². The highest BCUT2D eigenvalue weighted by Crippen LogP contribution is 2.21. The van der Waals surface area contributed by atoms with Crippen LogP contribution in [0.3, 0.4) is 0 Å². The number of hydrogen-bond donors (Lipinski definition) is 1. The van der Waals surface area contributed by atoms with Gasteiger partial charge in [-0.05, 0) is 42.7 Å². The van der Waals surface area contributed by atoms with Crippen LogP contribution < -0.4 is 5.73 Å². The molecule has 1 aromatic carbocycles. The first kappa shape index (κ1) is 13.3. The van der Waals surface area contributed by atoms with Gasteiger partial charge in [-0.15, -0.1) is 0 Å². The number of halogens is 1. The smallest absolute Gasteiger partial charge is 0.0663 e. The Hall–Kier alpha value is -1.13. The topological polar surface area (TPSA) is 43.8 Å². The molecule has 1 aromatic heterocycles. The van der Waals surface area contributed by atoms with Crippen molar-refractivity contribution >= 4 is 15.9 Å². The molecule has 0 amide bonds. The number of nitrogens with two attached hydrogens (primary N) is 1. The van der Waals surface area contributed by atoms with Crippen molar-refractivity contribution in [3.05, 3.63) is 45.7 Å². The normalized spacial score (nSPS) is 10.9. The Labute approximate surface area is 116 Å². The third-order valence-electron chi connectivity index (χ3n) is 2.98. The van der Waals surface area contributed by atoms with Gasteiger partial charge in [0.2, 0.25) is 0 Å². The van der Waals surface area contributed by atoms with Gasteiger partial charge in [0, 0.05) is 16.7 Å². The molecule has 0 saturated carbocycles. The van der Waals surface area contributed by atoms with E-state index in [1.807, 2.05) is 10.7 Å². The Morgan fingerprint density at radius 3 is 2.56 bits per heavy atom. The highest BCUT2D eigenvalue weighted by molar-refractivity contribution is 9.10. The molecule has 96 valence electrons. The molecular weight excluding hydrogens is 290 g/mol. The van der Waals surface area contributed by atoms with Gasteiger partial charge in [-0.25, -0.2) is 4.68 Å². The van der Waals surface area contributed by atoms with Crippen molar-refractivity contribution < 1.29 is 0 Å². The summed E-state index contributed by atoms with van der Waals surface area (Å²) in [4.78, 5) is 0. The summed E-state index contributed by atoms with van der Waals surface area (Å²) in [5.74, 6) is 0. The molecule has 0 aliphatic heterocycles. The monoisotopic (exact) mass is 307 g/mol. The number of aryl methyl sites for hydroxylation is 2. The SMILES string of the molecule is CCc1cc(CC)n(-c2cc(Br)cc(CN)c2)n1. The van der Waals surface area contributed by atoms with Crippen LogP contribution in [0.2, 0.25) is 0 Å². The van der Waals surface area contributed by atoms with Crippen LogP contribution in [0.5, 0.6) is 0 Å². The number of hydrogen-bond acceptors (Lipinski definition) is 2. The molecule has 2 rings (SSSR count). The Morgan fingerprint density at radius 2 is 1.94 bits per heavy atom. The summed E-state index contributed by atoms with van der Waals surface area (Å²) in [6.45, 7) is 4.81. The van der Waals surface area contributed by atoms with E-state index >= 15 is 0 Å². The van der Waals surface area contributed by atoms with E-state index in [1.54, 1.807) is 0 Å². The molecule has 18 heavy (non-hydrogen) atoms. The minimum Gasteiger partial charge on any atom is -0.326 e. The lowest BCUT2D eigenvalue weighted by Crippen LogP contribution is -2.04. The van der Waals surface area contributed by atoms with Crippen LogP contribution >= 0.6 is 15.9 Å². The molecule has 0 saturated heterocycles. The van der Waals surface area contributed by atoms with Gasteiger partial charge in [0.15, 0.2) is 0 Å². The quantitative estimate of drug-likeness (QED) is 0.942. The van der Waals surface area contributed by atoms with Gasteiger partial charge in [0.25, 0.3) is 0 Å².